The van der Waals surface area contributed by atoms with Crippen molar-refractivity contribution in [3.05, 3.63) is 11.6 Å². The zero-order valence-corrected chi connectivity index (χ0v) is 37.1. The number of amides is 1. The highest BCUT2D eigenvalue weighted by Crippen LogP contribution is 2.59. The van der Waals surface area contributed by atoms with Gasteiger partial charge >= 0.3 is 5.97 Å². The van der Waals surface area contributed by atoms with Gasteiger partial charge in [0.25, 0.3) is 5.24 Å². The Morgan fingerprint density at radius 1 is 0.887 bits per heavy atom. The number of carbonyl (C=O) groups is 2. The number of nitrogens with zero attached hydrogens (tertiary/aromatic N) is 2. The van der Waals surface area contributed by atoms with Crippen molar-refractivity contribution in [3.63, 3.8) is 0 Å². The van der Waals surface area contributed by atoms with Crippen LogP contribution in [0.25, 0.3) is 0 Å². The smallest absolute Gasteiger partial charge is 0.306 e. The predicted octanol–water partition coefficient (Wildman–Crippen LogP) is 13.4. The molecule has 3 aliphatic rings. The van der Waals surface area contributed by atoms with Crippen LogP contribution in [0.5, 0.6) is 0 Å². The van der Waals surface area contributed by atoms with Gasteiger partial charge in [-0.25, -0.2) is 0 Å². The summed E-state index contributed by atoms with van der Waals surface area (Å²) in [7, 11) is 4.10. The Kier molecular flexibility index (Phi) is 22.1. The van der Waals surface area contributed by atoms with Crippen LogP contribution in [-0.4, -0.2) is 66.6 Å². The fourth-order valence-electron chi connectivity index (χ4n) is 10.4. The van der Waals surface area contributed by atoms with Crippen molar-refractivity contribution in [2.75, 3.05) is 39.5 Å². The van der Waals surface area contributed by atoms with Gasteiger partial charge in [-0.3, -0.25) is 9.59 Å². The van der Waals surface area contributed by atoms with Crippen molar-refractivity contribution >= 4 is 23.0 Å². The van der Waals surface area contributed by atoms with Gasteiger partial charge in [0.15, 0.2) is 0 Å². The minimum atomic E-state index is -0.0747. The lowest BCUT2D eigenvalue weighted by molar-refractivity contribution is -0.151. The van der Waals surface area contributed by atoms with E-state index >= 15 is 0 Å². The third-order valence-corrected chi connectivity index (χ3v) is 14.8. The normalized spacial score (nSPS) is 25.4. The first-order chi connectivity index (χ1) is 25.5. The molecule has 6 heteroatoms. The maximum atomic E-state index is 13.2. The second-order valence-electron chi connectivity index (χ2n) is 18.7. The number of hydrogen-bond acceptors (Lipinski definition) is 5. The second-order valence-corrected chi connectivity index (χ2v) is 19.8. The molecule has 0 aromatic heterocycles. The first kappa shape index (κ1) is 46.4. The van der Waals surface area contributed by atoms with Crippen molar-refractivity contribution in [3.8, 4) is 0 Å². The fourth-order valence-corrected chi connectivity index (χ4v) is 11.4. The standard InChI is InChI=1S/C47H86N2O3S/c1-9-11-12-13-14-15-16-17-32-49(46(51)53-35-34-48(7)8)33-20-25-45(50)52-42-30-31-47(6)41(36-42)28-29-43-40(23-19-24-44(43)47)27-26-39(10-2)38(5)22-18-21-37(3)4/h28,37-40,42-44H,9-27,29-36H2,1-8H3/t38-,39-,40+,42+,43+,44+,47+/m1/s1. The van der Waals surface area contributed by atoms with Crippen molar-refractivity contribution < 1.29 is 14.3 Å². The van der Waals surface area contributed by atoms with Crippen LogP contribution in [0.4, 0.5) is 4.79 Å². The number of unbranched alkanes of at least 4 members (excludes halogenated alkanes) is 7. The molecule has 0 saturated heterocycles. The highest BCUT2D eigenvalue weighted by Gasteiger charge is 2.50. The van der Waals surface area contributed by atoms with Crippen LogP contribution in [0.2, 0.25) is 0 Å². The van der Waals surface area contributed by atoms with Gasteiger partial charge in [-0.1, -0.05) is 148 Å². The number of rotatable bonds is 26. The SMILES string of the molecule is CCCCCCCCCCN(CCCC(=O)O[C@H]1CC[C@@]2(C)C(=CC[C@H]3[C@H](CC[C@@H](CC)[C@H](C)CCCC(C)C)CCC[C@@H]32)C1)C(=O)SCCN(C)C. The molecule has 2 saturated carbocycles. The molecule has 7 atom stereocenters. The Balaban J connectivity index is 1.46. The number of esters is 1. The minimum absolute atomic E-state index is 0.0110. The molecule has 2 fully saturated rings. The first-order valence-electron chi connectivity index (χ1n) is 22.9. The summed E-state index contributed by atoms with van der Waals surface area (Å²) in [5.74, 6) is 5.79. The summed E-state index contributed by atoms with van der Waals surface area (Å²) < 4.78 is 6.18. The molecule has 1 amide bonds. The molecule has 0 heterocycles. The lowest BCUT2D eigenvalue weighted by Gasteiger charge is -2.54. The van der Waals surface area contributed by atoms with Crippen LogP contribution >= 0.6 is 11.8 Å². The highest BCUT2D eigenvalue weighted by atomic mass is 32.2. The van der Waals surface area contributed by atoms with Gasteiger partial charge < -0.3 is 14.5 Å². The van der Waals surface area contributed by atoms with E-state index in [1.165, 1.54) is 121 Å². The summed E-state index contributed by atoms with van der Waals surface area (Å²) in [6, 6.07) is 0. The molecule has 3 rings (SSSR count). The van der Waals surface area contributed by atoms with Crippen LogP contribution in [0.15, 0.2) is 11.6 Å². The average Bonchev–Trinajstić information content (AvgIpc) is 3.12. The Labute approximate surface area is 333 Å². The molecule has 308 valence electrons. The molecular formula is C47H86N2O3S. The molecule has 0 radical (unpaired) electrons. The van der Waals surface area contributed by atoms with E-state index in [2.05, 4.69) is 66.6 Å². The molecular weight excluding hydrogens is 673 g/mol. The Hall–Kier alpha value is -1.01. The van der Waals surface area contributed by atoms with E-state index in [4.69, 9.17) is 4.74 Å². The topological polar surface area (TPSA) is 49.9 Å². The summed E-state index contributed by atoms with van der Waals surface area (Å²) in [6.07, 6.45) is 30.6. The third-order valence-electron chi connectivity index (χ3n) is 13.9. The summed E-state index contributed by atoms with van der Waals surface area (Å²) in [4.78, 5) is 30.4. The van der Waals surface area contributed by atoms with Gasteiger partial charge in [0.2, 0.25) is 0 Å². The van der Waals surface area contributed by atoms with Gasteiger partial charge in [-0.05, 0) is 106 Å². The minimum Gasteiger partial charge on any atom is -0.462 e. The van der Waals surface area contributed by atoms with Crippen LogP contribution < -0.4 is 0 Å². The monoisotopic (exact) mass is 759 g/mol. The molecule has 0 aromatic rings. The van der Waals surface area contributed by atoms with E-state index in [1.807, 2.05) is 4.90 Å². The molecule has 53 heavy (non-hydrogen) atoms. The number of fused-ring (bicyclic) bond motifs is 3. The van der Waals surface area contributed by atoms with Crippen LogP contribution in [-0.2, 0) is 9.53 Å². The van der Waals surface area contributed by atoms with Crippen LogP contribution in [0.3, 0.4) is 0 Å². The molecule has 5 nitrogen and oxygen atoms in total. The van der Waals surface area contributed by atoms with Gasteiger partial charge in [-0.15, -0.1) is 0 Å². The van der Waals surface area contributed by atoms with E-state index in [0.717, 1.165) is 80.0 Å². The van der Waals surface area contributed by atoms with E-state index in [-0.39, 0.29) is 22.7 Å². The highest BCUT2D eigenvalue weighted by molar-refractivity contribution is 8.13. The number of carbonyl (C=O) groups excluding carboxylic acids is 2. The lowest BCUT2D eigenvalue weighted by Crippen LogP contribution is -2.46. The maximum absolute atomic E-state index is 13.2. The van der Waals surface area contributed by atoms with Crippen molar-refractivity contribution in [1.29, 1.82) is 0 Å². The Morgan fingerprint density at radius 2 is 1.60 bits per heavy atom. The van der Waals surface area contributed by atoms with Gasteiger partial charge in [0.1, 0.15) is 6.10 Å². The summed E-state index contributed by atoms with van der Waals surface area (Å²) in [5, 5.41) is 0.166. The number of hydrogen-bond donors (Lipinski definition) is 0. The average molecular weight is 759 g/mol. The second kappa shape index (κ2) is 25.3. The molecule has 3 aliphatic carbocycles. The van der Waals surface area contributed by atoms with Crippen molar-refractivity contribution in [2.45, 2.75) is 195 Å². The molecule has 0 unspecified atom stereocenters. The predicted molar refractivity (Wildman–Crippen MR) is 230 cm³/mol. The quantitative estimate of drug-likeness (QED) is 0.0499. The van der Waals surface area contributed by atoms with E-state index < -0.39 is 0 Å². The molecule has 0 aliphatic heterocycles. The fraction of sp³-hybridized carbons (Fsp3) is 0.915. The van der Waals surface area contributed by atoms with E-state index in [9.17, 15) is 9.59 Å². The number of allylic oxidation sites excluding steroid dienone is 1. The molecule has 0 spiro atoms. The number of ether oxygens (including phenoxy) is 1. The van der Waals surface area contributed by atoms with Gasteiger partial charge in [0.05, 0.1) is 0 Å². The number of thioether (sulfide) groups is 1. The maximum Gasteiger partial charge on any atom is 0.306 e. The van der Waals surface area contributed by atoms with E-state index in [0.29, 0.717) is 19.4 Å². The molecule has 0 bridgehead atoms. The summed E-state index contributed by atoms with van der Waals surface area (Å²) >= 11 is 1.43. The zero-order chi connectivity index (χ0) is 38.6. The van der Waals surface area contributed by atoms with E-state index in [1.54, 1.807) is 5.57 Å². The third kappa shape index (κ3) is 16.2. The molecule has 0 N–H and O–H groups in total. The Bertz CT molecular complexity index is 1060. The van der Waals surface area contributed by atoms with Crippen LogP contribution in [0, 0.1) is 40.9 Å². The summed E-state index contributed by atoms with van der Waals surface area (Å²) in [6.45, 7) is 16.8. The summed E-state index contributed by atoms with van der Waals surface area (Å²) in [5.41, 5.74) is 1.87. The lowest BCUT2D eigenvalue weighted by atomic mass is 9.51. The van der Waals surface area contributed by atoms with Crippen molar-refractivity contribution in [2.24, 2.45) is 40.9 Å². The van der Waals surface area contributed by atoms with Gasteiger partial charge in [-0.2, -0.15) is 0 Å². The largest absolute Gasteiger partial charge is 0.462 e. The molecule has 0 aromatic carbocycles. The zero-order valence-electron chi connectivity index (χ0n) is 36.2. The van der Waals surface area contributed by atoms with Crippen molar-refractivity contribution in [1.82, 2.24) is 9.80 Å². The van der Waals surface area contributed by atoms with Gasteiger partial charge in [0, 0.05) is 38.2 Å². The van der Waals surface area contributed by atoms with Crippen LogP contribution in [0.1, 0.15) is 189 Å². The Morgan fingerprint density at radius 3 is 2.30 bits per heavy atom. The first-order valence-corrected chi connectivity index (χ1v) is 23.9.